The van der Waals surface area contributed by atoms with Crippen molar-refractivity contribution >= 4 is 12.0 Å². The Morgan fingerprint density at radius 3 is 2.57 bits per heavy atom. The van der Waals surface area contributed by atoms with Crippen LogP contribution in [0.3, 0.4) is 0 Å². The molecule has 2 amide bonds. The highest BCUT2D eigenvalue weighted by molar-refractivity contribution is 5.74. The van der Waals surface area contributed by atoms with Crippen LogP contribution in [0.5, 0.6) is 0 Å². The number of amides is 2. The van der Waals surface area contributed by atoms with Gasteiger partial charge in [-0.1, -0.05) is 6.92 Å². The number of carbonyl (C=O) groups excluding carboxylic acids is 1. The minimum Gasteiger partial charge on any atom is -0.481 e. The smallest absolute Gasteiger partial charge is 0.314 e. The van der Waals surface area contributed by atoms with E-state index in [9.17, 15) is 9.59 Å². The van der Waals surface area contributed by atoms with Crippen molar-refractivity contribution in [3.05, 3.63) is 0 Å². The summed E-state index contributed by atoms with van der Waals surface area (Å²) in [5, 5.41) is 13.5. The Hall–Kier alpha value is -1.26. The minimum absolute atomic E-state index is 0.0345. The van der Waals surface area contributed by atoms with Crippen LogP contribution in [0, 0.1) is 11.8 Å². The van der Waals surface area contributed by atoms with Crippen molar-refractivity contribution in [2.45, 2.75) is 19.8 Å². The molecule has 14 heavy (non-hydrogen) atoms. The van der Waals surface area contributed by atoms with E-state index >= 15 is 0 Å². The highest BCUT2D eigenvalue weighted by atomic mass is 16.4. The molecule has 0 bridgehead atoms. The lowest BCUT2D eigenvalue weighted by Crippen LogP contribution is -2.37. The molecule has 5 nitrogen and oxygen atoms in total. The van der Waals surface area contributed by atoms with Crippen molar-refractivity contribution in [2.24, 2.45) is 11.8 Å². The van der Waals surface area contributed by atoms with E-state index in [1.165, 1.54) is 6.42 Å². The summed E-state index contributed by atoms with van der Waals surface area (Å²) in [5.41, 5.74) is 0. The van der Waals surface area contributed by atoms with Gasteiger partial charge in [-0.15, -0.1) is 0 Å². The molecular formula is C9H16N2O3. The average molecular weight is 200 g/mol. The molecule has 1 rings (SSSR count). The number of nitrogens with one attached hydrogen (secondary N) is 2. The lowest BCUT2D eigenvalue weighted by atomic mass is 10.3. The Kier molecular flexibility index (Phi) is 3.73. The Morgan fingerprint density at radius 1 is 1.43 bits per heavy atom. The van der Waals surface area contributed by atoms with Crippen LogP contribution in [0.2, 0.25) is 0 Å². The molecule has 1 aliphatic carbocycles. The quantitative estimate of drug-likeness (QED) is 0.601. The van der Waals surface area contributed by atoms with Crippen LogP contribution >= 0.6 is 0 Å². The molecule has 0 aromatic heterocycles. The van der Waals surface area contributed by atoms with E-state index in [4.69, 9.17) is 5.11 Å². The predicted octanol–water partition coefficient (Wildman–Crippen LogP) is 0.416. The van der Waals surface area contributed by atoms with Gasteiger partial charge in [-0.3, -0.25) is 4.79 Å². The van der Waals surface area contributed by atoms with Crippen LogP contribution in [-0.2, 0) is 4.79 Å². The summed E-state index contributed by atoms with van der Waals surface area (Å²) >= 11 is 0. The maximum atomic E-state index is 11.0. The number of hydrogen-bond donors (Lipinski definition) is 3. The summed E-state index contributed by atoms with van der Waals surface area (Å²) < 4.78 is 0. The van der Waals surface area contributed by atoms with Gasteiger partial charge in [0.15, 0.2) is 0 Å². The van der Waals surface area contributed by atoms with Gasteiger partial charge in [0.1, 0.15) is 0 Å². The molecule has 5 heteroatoms. The highest BCUT2D eigenvalue weighted by Gasteiger charge is 2.32. The maximum absolute atomic E-state index is 11.0. The maximum Gasteiger partial charge on any atom is 0.314 e. The molecule has 2 atom stereocenters. The summed E-state index contributed by atoms with van der Waals surface area (Å²) in [5.74, 6) is 0.427. The Labute approximate surface area is 82.9 Å². The summed E-state index contributed by atoms with van der Waals surface area (Å²) in [4.78, 5) is 21.2. The molecule has 1 saturated carbocycles. The molecule has 2 unspecified atom stereocenters. The predicted molar refractivity (Wildman–Crippen MR) is 50.9 cm³/mol. The number of hydrogen-bond acceptors (Lipinski definition) is 2. The van der Waals surface area contributed by atoms with Crippen LogP contribution < -0.4 is 10.6 Å². The van der Waals surface area contributed by atoms with Crippen LogP contribution in [-0.4, -0.2) is 30.2 Å². The third-order valence-electron chi connectivity index (χ3n) is 2.43. The molecule has 0 aromatic rings. The Bertz CT molecular complexity index is 230. The van der Waals surface area contributed by atoms with Gasteiger partial charge in [-0.05, 0) is 18.3 Å². The monoisotopic (exact) mass is 200 g/mol. The lowest BCUT2D eigenvalue weighted by Gasteiger charge is -2.05. The van der Waals surface area contributed by atoms with Crippen molar-refractivity contribution < 1.29 is 14.7 Å². The Balaban J connectivity index is 1.96. The fourth-order valence-electron chi connectivity index (χ4n) is 1.25. The van der Waals surface area contributed by atoms with Crippen LogP contribution in [0.1, 0.15) is 19.8 Å². The summed E-state index contributed by atoms with van der Waals surface area (Å²) in [6.45, 7) is 3.02. The van der Waals surface area contributed by atoms with Gasteiger partial charge in [0.25, 0.3) is 0 Å². The van der Waals surface area contributed by atoms with Gasteiger partial charge in [-0.2, -0.15) is 0 Å². The highest BCUT2D eigenvalue weighted by Crippen LogP contribution is 2.36. The van der Waals surface area contributed by atoms with Crippen molar-refractivity contribution in [1.29, 1.82) is 0 Å². The number of urea groups is 1. The zero-order valence-corrected chi connectivity index (χ0v) is 8.25. The second-order valence-electron chi connectivity index (χ2n) is 3.75. The van der Waals surface area contributed by atoms with E-state index in [1.807, 2.05) is 0 Å². The van der Waals surface area contributed by atoms with E-state index in [1.54, 1.807) is 0 Å². The number of aliphatic carboxylic acids is 1. The van der Waals surface area contributed by atoms with Crippen molar-refractivity contribution in [3.63, 3.8) is 0 Å². The summed E-state index contributed by atoms with van der Waals surface area (Å²) in [6.07, 6.45) is 1.14. The molecule has 1 aliphatic rings. The zero-order chi connectivity index (χ0) is 10.6. The van der Waals surface area contributed by atoms with E-state index in [0.717, 1.165) is 0 Å². The van der Waals surface area contributed by atoms with Crippen LogP contribution in [0.4, 0.5) is 4.79 Å². The first-order valence-corrected chi connectivity index (χ1v) is 4.83. The molecule has 3 N–H and O–H groups in total. The standard InChI is InChI=1S/C9H16N2O3/c1-6-4-7(6)5-11-9(14)10-3-2-8(12)13/h6-7H,2-5H2,1H3,(H,12,13)(H2,10,11,14). The van der Waals surface area contributed by atoms with Gasteiger partial charge in [-0.25, -0.2) is 4.79 Å². The van der Waals surface area contributed by atoms with Crippen molar-refractivity contribution in [3.8, 4) is 0 Å². The number of carbonyl (C=O) groups is 2. The van der Waals surface area contributed by atoms with E-state index in [-0.39, 0.29) is 19.0 Å². The Morgan fingerprint density at radius 2 is 2.07 bits per heavy atom. The van der Waals surface area contributed by atoms with E-state index < -0.39 is 5.97 Å². The largest absolute Gasteiger partial charge is 0.481 e. The molecule has 0 spiro atoms. The lowest BCUT2D eigenvalue weighted by molar-refractivity contribution is -0.136. The molecule has 0 aliphatic heterocycles. The van der Waals surface area contributed by atoms with E-state index in [0.29, 0.717) is 18.4 Å². The summed E-state index contributed by atoms with van der Waals surface area (Å²) in [7, 11) is 0. The van der Waals surface area contributed by atoms with Crippen LogP contribution in [0.15, 0.2) is 0 Å². The zero-order valence-electron chi connectivity index (χ0n) is 8.25. The van der Waals surface area contributed by atoms with Gasteiger partial charge < -0.3 is 15.7 Å². The van der Waals surface area contributed by atoms with Gasteiger partial charge in [0.05, 0.1) is 6.42 Å². The molecule has 1 fully saturated rings. The normalized spacial score (nSPS) is 24.1. The first-order chi connectivity index (χ1) is 6.59. The first-order valence-electron chi connectivity index (χ1n) is 4.83. The topological polar surface area (TPSA) is 78.4 Å². The third kappa shape index (κ3) is 4.11. The molecular weight excluding hydrogens is 184 g/mol. The third-order valence-corrected chi connectivity index (χ3v) is 2.43. The fraction of sp³-hybridized carbons (Fsp3) is 0.778. The summed E-state index contributed by atoms with van der Waals surface area (Å²) in [6, 6.07) is -0.273. The molecule has 0 aromatic carbocycles. The number of carboxylic acid groups (broad SMARTS) is 1. The van der Waals surface area contributed by atoms with Crippen LogP contribution in [0.25, 0.3) is 0 Å². The second-order valence-corrected chi connectivity index (χ2v) is 3.75. The van der Waals surface area contributed by atoms with Gasteiger partial charge in [0.2, 0.25) is 0 Å². The van der Waals surface area contributed by atoms with Crippen molar-refractivity contribution in [1.82, 2.24) is 10.6 Å². The molecule has 0 heterocycles. The second kappa shape index (κ2) is 4.83. The van der Waals surface area contributed by atoms with E-state index in [2.05, 4.69) is 17.6 Å². The van der Waals surface area contributed by atoms with Gasteiger partial charge in [0, 0.05) is 13.1 Å². The average Bonchev–Trinajstić information content (AvgIpc) is 2.78. The number of rotatable bonds is 5. The minimum atomic E-state index is -0.902. The molecule has 0 radical (unpaired) electrons. The first kappa shape index (κ1) is 10.8. The van der Waals surface area contributed by atoms with Gasteiger partial charge >= 0.3 is 12.0 Å². The van der Waals surface area contributed by atoms with Crippen molar-refractivity contribution in [2.75, 3.05) is 13.1 Å². The molecule has 0 saturated heterocycles. The SMILES string of the molecule is CC1CC1CNC(=O)NCCC(=O)O. The fourth-order valence-corrected chi connectivity index (χ4v) is 1.25. The molecule has 80 valence electrons. The number of carboxylic acids is 1.